The Morgan fingerprint density at radius 2 is 1.69 bits per heavy atom. The Labute approximate surface area is 282 Å². The van der Waals surface area contributed by atoms with E-state index in [-0.39, 0.29) is 48.0 Å². The van der Waals surface area contributed by atoms with Crippen LogP contribution in [0.5, 0.6) is 11.5 Å². The first-order valence-corrected chi connectivity index (χ1v) is 15.9. The summed E-state index contributed by atoms with van der Waals surface area (Å²) in [4.78, 5) is 65.1. The number of ether oxygens (including phenoxy) is 1. The van der Waals surface area contributed by atoms with E-state index in [9.17, 15) is 38.8 Å². The van der Waals surface area contributed by atoms with Crippen molar-refractivity contribution in [2.24, 2.45) is 17.8 Å². The van der Waals surface area contributed by atoms with Crippen LogP contribution >= 0.6 is 23.2 Å². The van der Waals surface area contributed by atoms with Gasteiger partial charge in [-0.2, -0.15) is 0 Å². The number of aromatic hydroxyl groups is 1. The number of imide groups is 2. The molecule has 1 saturated carbocycles. The number of phenolic OH excluding ortho intramolecular Hbond substituents is 1. The first-order chi connectivity index (χ1) is 22.8. The van der Waals surface area contributed by atoms with E-state index in [1.165, 1.54) is 48.5 Å². The number of carbonyl (C=O) groups excluding carboxylic acids is 4. The van der Waals surface area contributed by atoms with Gasteiger partial charge < -0.3 is 9.84 Å². The zero-order valence-corrected chi connectivity index (χ0v) is 26.7. The van der Waals surface area contributed by atoms with E-state index in [4.69, 9.17) is 27.9 Å². The van der Waals surface area contributed by atoms with Crippen molar-refractivity contribution in [3.8, 4) is 11.5 Å². The summed E-state index contributed by atoms with van der Waals surface area (Å²) in [6.07, 6.45) is 1.51. The first kappa shape index (κ1) is 31.8. The number of halogens is 3. The van der Waals surface area contributed by atoms with Crippen LogP contribution in [0.15, 0.2) is 78.4 Å². The molecule has 11 nitrogen and oxygen atoms in total. The van der Waals surface area contributed by atoms with Crippen LogP contribution in [0, 0.1) is 33.7 Å². The van der Waals surface area contributed by atoms with Gasteiger partial charge in [0, 0.05) is 18.1 Å². The molecule has 0 radical (unpaired) electrons. The number of phenols is 1. The molecular weight excluding hydrogens is 668 g/mol. The molecule has 0 aromatic heterocycles. The van der Waals surface area contributed by atoms with Gasteiger partial charge in [0.15, 0.2) is 21.2 Å². The second-order valence-corrected chi connectivity index (χ2v) is 13.4. The summed E-state index contributed by atoms with van der Waals surface area (Å²) in [7, 11) is 0. The molecule has 4 aliphatic rings. The van der Waals surface area contributed by atoms with Crippen LogP contribution < -0.4 is 14.5 Å². The molecule has 6 atom stereocenters. The number of rotatable bonds is 6. The number of non-ortho nitro benzene ring substituents is 1. The zero-order chi connectivity index (χ0) is 34.3. The molecule has 3 aromatic carbocycles. The van der Waals surface area contributed by atoms with E-state index in [2.05, 4.69) is 0 Å². The predicted molar refractivity (Wildman–Crippen MR) is 171 cm³/mol. The molecule has 0 spiro atoms. The highest BCUT2D eigenvalue weighted by Crippen LogP contribution is 2.66. The molecule has 0 bridgehead atoms. The molecule has 3 fully saturated rings. The summed E-state index contributed by atoms with van der Waals surface area (Å²) in [6.45, 7) is 1.91. The summed E-state index contributed by atoms with van der Waals surface area (Å²) in [6, 6.07) is 14.2. The molecular formula is C34H26Cl2FN3O8. The minimum Gasteiger partial charge on any atom is -0.504 e. The van der Waals surface area contributed by atoms with Gasteiger partial charge in [-0.1, -0.05) is 23.8 Å². The molecule has 3 aromatic rings. The second kappa shape index (κ2) is 11.1. The third kappa shape index (κ3) is 4.31. The molecule has 246 valence electrons. The van der Waals surface area contributed by atoms with Crippen molar-refractivity contribution in [1.82, 2.24) is 0 Å². The number of nitro groups is 1. The lowest BCUT2D eigenvalue weighted by atomic mass is 9.56. The van der Waals surface area contributed by atoms with E-state index >= 15 is 0 Å². The Morgan fingerprint density at radius 1 is 0.958 bits per heavy atom. The third-order valence-electron chi connectivity index (χ3n) is 9.81. The Kier molecular flexibility index (Phi) is 7.37. The standard InChI is InChI=1S/C34H26Cl2FN3O8/c1-2-48-26-14-17(6-13-25(26)41)28-22-11-12-23-27(30(43)38(29(23)42)20-4-3-5-21(15-20)40(46)47)24(22)16-33(35)31(44)39(32(45)34(28,33)36)19-9-7-18(37)8-10-19/h3-11,13-15,23-24,27-28,41H,2,12,16H2,1H3/t23-,24+,27-,28-,33+,34-/m0/s1. The first-order valence-electron chi connectivity index (χ1n) is 15.1. The Bertz CT molecular complexity index is 1970. The smallest absolute Gasteiger partial charge is 0.271 e. The molecule has 14 heteroatoms. The summed E-state index contributed by atoms with van der Waals surface area (Å²) in [5.74, 6) is -7.56. The highest BCUT2D eigenvalue weighted by atomic mass is 35.5. The Hall–Kier alpha value is -4.81. The normalized spacial score (nSPS) is 29.4. The van der Waals surface area contributed by atoms with E-state index in [1.54, 1.807) is 13.0 Å². The highest BCUT2D eigenvalue weighted by Gasteiger charge is 2.76. The number of allylic oxidation sites excluding steroid dienone is 2. The van der Waals surface area contributed by atoms with E-state index in [1.807, 2.05) is 0 Å². The summed E-state index contributed by atoms with van der Waals surface area (Å²) in [5, 5.41) is 22.0. The van der Waals surface area contributed by atoms with E-state index < -0.39 is 67.8 Å². The SMILES string of the molecule is CCOc1cc([C@H]2C3=CC[C@@H]4C(=O)N(c5cccc([N+](=O)[O-])c5)C(=O)[C@@H]4[C@@H]3C[C@@]3(Cl)C(=O)N(c4ccc(F)cc4)C(=O)[C@@]23Cl)ccc1O. The fourth-order valence-electron chi connectivity index (χ4n) is 7.75. The maximum Gasteiger partial charge on any atom is 0.271 e. The molecule has 0 unspecified atom stereocenters. The van der Waals surface area contributed by atoms with Gasteiger partial charge >= 0.3 is 0 Å². The molecule has 4 amide bonds. The third-order valence-corrected chi connectivity index (χ3v) is 11.2. The topological polar surface area (TPSA) is 147 Å². The molecule has 2 aliphatic heterocycles. The fraction of sp³-hybridized carbons (Fsp3) is 0.294. The van der Waals surface area contributed by atoms with E-state index in [0.29, 0.717) is 11.1 Å². The summed E-state index contributed by atoms with van der Waals surface area (Å²) < 4.78 is 19.5. The molecule has 2 saturated heterocycles. The maximum absolute atomic E-state index is 14.5. The lowest BCUT2D eigenvalue weighted by Crippen LogP contribution is -2.60. The van der Waals surface area contributed by atoms with Gasteiger partial charge in [-0.3, -0.25) is 29.3 Å². The van der Waals surface area contributed by atoms with Crippen molar-refractivity contribution in [2.75, 3.05) is 16.4 Å². The molecule has 2 aliphatic carbocycles. The van der Waals surface area contributed by atoms with Crippen LogP contribution in [0.4, 0.5) is 21.5 Å². The van der Waals surface area contributed by atoms with Crippen molar-refractivity contribution >= 4 is 63.9 Å². The predicted octanol–water partition coefficient (Wildman–Crippen LogP) is 5.61. The minimum absolute atomic E-state index is 0.0317. The number of alkyl halides is 2. The van der Waals surface area contributed by atoms with Crippen LogP contribution in [0.3, 0.4) is 0 Å². The minimum atomic E-state index is -2.17. The van der Waals surface area contributed by atoms with Gasteiger partial charge in [-0.15, -0.1) is 23.2 Å². The lowest BCUT2D eigenvalue weighted by Gasteiger charge is -2.50. The van der Waals surface area contributed by atoms with Crippen molar-refractivity contribution in [2.45, 2.75) is 35.4 Å². The number of anilines is 2. The molecule has 1 N–H and O–H groups in total. The number of hydrogen-bond acceptors (Lipinski definition) is 8. The number of carbonyl (C=O) groups is 4. The lowest BCUT2D eigenvalue weighted by molar-refractivity contribution is -0.384. The number of benzene rings is 3. The number of nitrogens with zero attached hydrogens (tertiary/aromatic N) is 3. The van der Waals surface area contributed by atoms with Crippen molar-refractivity contribution in [1.29, 1.82) is 0 Å². The van der Waals surface area contributed by atoms with Crippen LogP contribution in [0.25, 0.3) is 0 Å². The molecule has 2 heterocycles. The van der Waals surface area contributed by atoms with Crippen molar-refractivity contribution in [3.63, 3.8) is 0 Å². The Balaban J connectivity index is 1.39. The monoisotopic (exact) mass is 693 g/mol. The van der Waals surface area contributed by atoms with Crippen LogP contribution in [0.2, 0.25) is 0 Å². The number of nitro benzene ring substituents is 1. The van der Waals surface area contributed by atoms with Gasteiger partial charge in [0.2, 0.25) is 11.8 Å². The largest absolute Gasteiger partial charge is 0.504 e. The summed E-state index contributed by atoms with van der Waals surface area (Å²) in [5.41, 5.74) is 0.628. The fourth-order valence-corrected chi connectivity index (χ4v) is 8.69. The van der Waals surface area contributed by atoms with E-state index in [0.717, 1.165) is 28.0 Å². The Morgan fingerprint density at radius 3 is 2.38 bits per heavy atom. The highest BCUT2D eigenvalue weighted by molar-refractivity contribution is 6.58. The van der Waals surface area contributed by atoms with Crippen molar-refractivity contribution in [3.05, 3.63) is 99.9 Å². The van der Waals surface area contributed by atoms with Gasteiger partial charge in [0.1, 0.15) is 5.82 Å². The van der Waals surface area contributed by atoms with Crippen LogP contribution in [-0.2, 0) is 19.2 Å². The maximum atomic E-state index is 14.5. The average Bonchev–Trinajstić information content (AvgIpc) is 3.40. The number of hydrogen-bond donors (Lipinski definition) is 1. The van der Waals surface area contributed by atoms with Gasteiger partial charge in [-0.25, -0.2) is 14.2 Å². The average molecular weight is 694 g/mol. The summed E-state index contributed by atoms with van der Waals surface area (Å²) >= 11 is 14.7. The zero-order valence-electron chi connectivity index (χ0n) is 25.1. The van der Waals surface area contributed by atoms with Crippen LogP contribution in [0.1, 0.15) is 31.2 Å². The number of fused-ring (bicyclic) bond motifs is 4. The molecule has 7 rings (SSSR count). The van der Waals surface area contributed by atoms with Crippen molar-refractivity contribution < 1.29 is 38.3 Å². The van der Waals surface area contributed by atoms with Gasteiger partial charge in [-0.05, 0) is 73.7 Å². The second-order valence-electron chi connectivity index (χ2n) is 12.2. The molecule has 48 heavy (non-hydrogen) atoms. The van der Waals surface area contributed by atoms with Gasteiger partial charge in [0.25, 0.3) is 17.5 Å². The van der Waals surface area contributed by atoms with Crippen LogP contribution in [-0.4, -0.2) is 50.0 Å². The quantitative estimate of drug-likeness (QED) is 0.115. The van der Waals surface area contributed by atoms with Gasteiger partial charge in [0.05, 0.1) is 34.7 Å². The number of amides is 4.